The van der Waals surface area contributed by atoms with E-state index in [1.807, 2.05) is 17.5 Å². The van der Waals surface area contributed by atoms with E-state index in [0.717, 1.165) is 4.88 Å². The van der Waals surface area contributed by atoms with E-state index in [9.17, 15) is 14.0 Å². The highest BCUT2D eigenvalue weighted by atomic mass is 32.1. The number of nitrogens with zero attached hydrogens (tertiary/aromatic N) is 2. The molecular formula is C19H18FN3O2S2. The van der Waals surface area contributed by atoms with Crippen molar-refractivity contribution in [2.24, 2.45) is 4.99 Å². The average molecular weight is 404 g/mol. The van der Waals surface area contributed by atoms with Crippen molar-refractivity contribution in [2.45, 2.75) is 25.9 Å². The molecule has 0 aliphatic rings. The molecule has 140 valence electrons. The third kappa shape index (κ3) is 5.21. The highest BCUT2D eigenvalue weighted by molar-refractivity contribution is 7.10. The monoisotopic (exact) mass is 403 g/mol. The first kappa shape index (κ1) is 19.2. The number of benzene rings is 1. The summed E-state index contributed by atoms with van der Waals surface area (Å²) < 4.78 is 15.6. The molecule has 3 rings (SSSR count). The number of thiazole rings is 1. The third-order valence-electron chi connectivity index (χ3n) is 3.82. The first-order valence-electron chi connectivity index (χ1n) is 8.28. The number of hydrogen-bond acceptors (Lipinski definition) is 4. The maximum Gasteiger partial charge on any atom is 0.250 e. The molecule has 1 unspecified atom stereocenters. The van der Waals surface area contributed by atoms with E-state index >= 15 is 0 Å². The zero-order valence-electron chi connectivity index (χ0n) is 14.6. The van der Waals surface area contributed by atoms with Gasteiger partial charge in [-0.1, -0.05) is 24.3 Å². The molecular weight excluding hydrogens is 385 g/mol. The van der Waals surface area contributed by atoms with Crippen molar-refractivity contribution < 1.29 is 14.0 Å². The molecule has 2 aromatic heterocycles. The Hall–Kier alpha value is -2.58. The molecule has 2 heterocycles. The minimum atomic E-state index is -0.404. The van der Waals surface area contributed by atoms with Crippen molar-refractivity contribution in [3.63, 3.8) is 0 Å². The van der Waals surface area contributed by atoms with Crippen LogP contribution in [0.5, 0.6) is 0 Å². The summed E-state index contributed by atoms with van der Waals surface area (Å²) in [6.45, 7) is 1.71. The SMILES string of the molecule is CC(=O)NC(CC(=O)N=c1sccn1Cc1ccccc1F)c1cccs1. The Morgan fingerprint density at radius 1 is 1.19 bits per heavy atom. The number of nitrogens with one attached hydrogen (secondary N) is 1. The average Bonchev–Trinajstić information content (AvgIpc) is 3.28. The molecule has 0 saturated carbocycles. The van der Waals surface area contributed by atoms with Gasteiger partial charge in [-0.25, -0.2) is 4.39 Å². The number of halogens is 1. The first-order chi connectivity index (χ1) is 13.0. The lowest BCUT2D eigenvalue weighted by molar-refractivity contribution is -0.121. The van der Waals surface area contributed by atoms with E-state index in [-0.39, 0.29) is 24.1 Å². The minimum Gasteiger partial charge on any atom is -0.348 e. The number of thiophene rings is 1. The van der Waals surface area contributed by atoms with E-state index in [1.165, 1.54) is 35.7 Å². The standard InChI is InChI=1S/C19H18FN3O2S2/c1-13(24)21-16(17-7-4-9-26-17)11-18(25)22-19-23(8-10-27-19)12-14-5-2-3-6-15(14)20/h2-10,16H,11-12H2,1H3,(H,21,24). The number of aromatic nitrogens is 1. The van der Waals surface area contributed by atoms with Gasteiger partial charge < -0.3 is 9.88 Å². The van der Waals surface area contributed by atoms with Gasteiger partial charge in [0.2, 0.25) is 5.91 Å². The lowest BCUT2D eigenvalue weighted by atomic mass is 10.1. The lowest BCUT2D eigenvalue weighted by Gasteiger charge is -2.14. The molecule has 0 bridgehead atoms. The molecule has 0 spiro atoms. The molecule has 27 heavy (non-hydrogen) atoms. The van der Waals surface area contributed by atoms with Crippen LogP contribution in [0.3, 0.4) is 0 Å². The molecule has 3 aromatic rings. The summed E-state index contributed by atoms with van der Waals surface area (Å²) in [5.74, 6) is -0.837. The molecule has 0 aliphatic carbocycles. The normalized spacial score (nSPS) is 12.7. The molecule has 2 amide bonds. The summed E-state index contributed by atoms with van der Waals surface area (Å²) in [4.78, 5) is 29.5. The largest absolute Gasteiger partial charge is 0.348 e. The molecule has 8 heteroatoms. The van der Waals surface area contributed by atoms with Crippen LogP contribution in [0.25, 0.3) is 0 Å². The van der Waals surface area contributed by atoms with Gasteiger partial charge in [0.05, 0.1) is 19.0 Å². The van der Waals surface area contributed by atoms with E-state index in [2.05, 4.69) is 10.3 Å². The zero-order valence-corrected chi connectivity index (χ0v) is 16.2. The zero-order chi connectivity index (χ0) is 19.2. The highest BCUT2D eigenvalue weighted by Crippen LogP contribution is 2.22. The van der Waals surface area contributed by atoms with Crippen LogP contribution in [0, 0.1) is 5.82 Å². The Balaban J connectivity index is 1.78. The van der Waals surface area contributed by atoms with Crippen LogP contribution < -0.4 is 10.1 Å². The maximum atomic E-state index is 13.9. The molecule has 5 nitrogen and oxygen atoms in total. The number of amides is 2. The predicted molar refractivity (Wildman–Crippen MR) is 104 cm³/mol. The summed E-state index contributed by atoms with van der Waals surface area (Å²) in [7, 11) is 0. The third-order valence-corrected chi connectivity index (χ3v) is 5.60. The molecule has 0 fully saturated rings. The Morgan fingerprint density at radius 3 is 2.70 bits per heavy atom. The van der Waals surface area contributed by atoms with Gasteiger partial charge in [0.25, 0.3) is 5.91 Å². The fraction of sp³-hybridized carbons (Fsp3) is 0.211. The van der Waals surface area contributed by atoms with Gasteiger partial charge in [-0.15, -0.1) is 22.7 Å². The molecule has 1 aromatic carbocycles. The molecule has 0 aliphatic heterocycles. The van der Waals surface area contributed by atoms with Crippen LogP contribution in [0.4, 0.5) is 4.39 Å². The van der Waals surface area contributed by atoms with Crippen LogP contribution in [0.1, 0.15) is 29.8 Å². The number of carbonyl (C=O) groups is 2. The highest BCUT2D eigenvalue weighted by Gasteiger charge is 2.18. The smallest absolute Gasteiger partial charge is 0.250 e. The van der Waals surface area contributed by atoms with Gasteiger partial charge in [-0.3, -0.25) is 9.59 Å². The van der Waals surface area contributed by atoms with Crippen molar-refractivity contribution >= 4 is 34.5 Å². The molecule has 0 radical (unpaired) electrons. The predicted octanol–water partition coefficient (Wildman–Crippen LogP) is 3.49. The Bertz CT molecular complexity index is 992. The van der Waals surface area contributed by atoms with Crippen molar-refractivity contribution in [1.82, 2.24) is 9.88 Å². The fourth-order valence-corrected chi connectivity index (χ4v) is 4.12. The van der Waals surface area contributed by atoms with E-state index in [0.29, 0.717) is 16.9 Å². The number of hydrogen-bond donors (Lipinski definition) is 1. The van der Waals surface area contributed by atoms with Crippen LogP contribution in [-0.2, 0) is 16.1 Å². The summed E-state index contributed by atoms with van der Waals surface area (Å²) >= 11 is 2.79. The van der Waals surface area contributed by atoms with Gasteiger partial charge in [0, 0.05) is 28.9 Å². The Morgan fingerprint density at radius 2 is 2.00 bits per heavy atom. The van der Waals surface area contributed by atoms with Gasteiger partial charge in [0.15, 0.2) is 4.80 Å². The van der Waals surface area contributed by atoms with Gasteiger partial charge >= 0.3 is 0 Å². The number of carbonyl (C=O) groups excluding carboxylic acids is 2. The summed E-state index contributed by atoms with van der Waals surface area (Å²) in [5.41, 5.74) is 0.527. The second kappa shape index (κ2) is 8.88. The quantitative estimate of drug-likeness (QED) is 0.685. The second-order valence-corrected chi connectivity index (χ2v) is 7.74. The minimum absolute atomic E-state index is 0.0672. The van der Waals surface area contributed by atoms with Crippen LogP contribution in [0.15, 0.2) is 58.3 Å². The van der Waals surface area contributed by atoms with E-state index < -0.39 is 6.04 Å². The van der Waals surface area contributed by atoms with Gasteiger partial charge in [-0.05, 0) is 17.5 Å². The van der Waals surface area contributed by atoms with Crippen molar-refractivity contribution in [2.75, 3.05) is 0 Å². The molecule has 1 atom stereocenters. The van der Waals surface area contributed by atoms with Crippen LogP contribution in [-0.4, -0.2) is 16.4 Å². The van der Waals surface area contributed by atoms with Crippen molar-refractivity contribution in [3.05, 3.63) is 74.4 Å². The lowest BCUT2D eigenvalue weighted by Crippen LogP contribution is -2.27. The molecule has 0 saturated heterocycles. The maximum absolute atomic E-state index is 13.9. The second-order valence-electron chi connectivity index (χ2n) is 5.88. The summed E-state index contributed by atoms with van der Waals surface area (Å²) in [6.07, 6.45) is 1.84. The number of rotatable bonds is 6. The summed E-state index contributed by atoms with van der Waals surface area (Å²) in [5, 5.41) is 6.49. The van der Waals surface area contributed by atoms with Crippen molar-refractivity contribution in [3.8, 4) is 0 Å². The fourth-order valence-electron chi connectivity index (χ4n) is 2.60. The van der Waals surface area contributed by atoms with Crippen LogP contribution >= 0.6 is 22.7 Å². The van der Waals surface area contributed by atoms with Crippen LogP contribution in [0.2, 0.25) is 0 Å². The first-order valence-corrected chi connectivity index (χ1v) is 10.0. The van der Waals surface area contributed by atoms with Gasteiger partial charge in [0.1, 0.15) is 5.82 Å². The van der Waals surface area contributed by atoms with Crippen molar-refractivity contribution in [1.29, 1.82) is 0 Å². The molecule has 1 N–H and O–H groups in total. The van der Waals surface area contributed by atoms with Gasteiger partial charge in [-0.2, -0.15) is 4.99 Å². The Labute approximate surface area is 163 Å². The van der Waals surface area contributed by atoms with E-state index in [4.69, 9.17) is 0 Å². The topological polar surface area (TPSA) is 63.5 Å². The summed E-state index contributed by atoms with van der Waals surface area (Å²) in [6, 6.07) is 9.86. The Kier molecular flexibility index (Phi) is 6.31. The van der Waals surface area contributed by atoms with E-state index in [1.54, 1.807) is 34.3 Å².